The predicted molar refractivity (Wildman–Crippen MR) is 315 cm³/mol. The largest absolute Gasteiger partial charge is 0.545 e. The van der Waals surface area contributed by atoms with Gasteiger partial charge in [0.2, 0.25) is 0 Å². The number of carboxylic acids is 1. The van der Waals surface area contributed by atoms with Crippen LogP contribution in [-0.2, 0) is 33.3 Å². The van der Waals surface area contributed by atoms with Crippen molar-refractivity contribution in [2.24, 2.45) is 0 Å². The van der Waals surface area contributed by atoms with Gasteiger partial charge in [0.1, 0.15) is 13.2 Å². The molecule has 9 nitrogen and oxygen atoms in total. The molecule has 0 aliphatic carbocycles. The highest BCUT2D eigenvalue weighted by Gasteiger charge is 2.22. The van der Waals surface area contributed by atoms with Crippen molar-refractivity contribution < 1.29 is 42.9 Å². The Morgan fingerprint density at radius 3 is 1.13 bits per heavy atom. The van der Waals surface area contributed by atoms with Crippen molar-refractivity contribution in [2.75, 3.05) is 47.5 Å². The van der Waals surface area contributed by atoms with Crippen LogP contribution in [0.1, 0.15) is 245 Å². The van der Waals surface area contributed by atoms with Crippen LogP contribution in [0.15, 0.2) is 97.2 Å². The Balaban J connectivity index is 4.26. The zero-order chi connectivity index (χ0) is 54.8. The second-order valence-corrected chi connectivity index (χ2v) is 21.3. The molecule has 0 rings (SSSR count). The molecule has 0 fully saturated rings. The van der Waals surface area contributed by atoms with Crippen molar-refractivity contribution in [1.29, 1.82) is 0 Å². The lowest BCUT2D eigenvalue weighted by atomic mass is 10.0. The number of aliphatic carboxylic acids is 1. The first-order valence-corrected chi connectivity index (χ1v) is 30.4. The molecule has 0 saturated carbocycles. The zero-order valence-corrected chi connectivity index (χ0v) is 48.9. The number of ether oxygens (including phenoxy) is 4. The summed E-state index contributed by atoms with van der Waals surface area (Å²) in [6, 6.07) is 0. The summed E-state index contributed by atoms with van der Waals surface area (Å²) in [5.41, 5.74) is 0. The number of likely N-dealkylation sites (N-methyl/N-ethyl adjacent to an activating group) is 1. The molecule has 0 aliphatic rings. The first kappa shape index (κ1) is 71.2. The van der Waals surface area contributed by atoms with E-state index in [1.165, 1.54) is 122 Å². The number of rotatable bonds is 55. The normalized spacial score (nSPS) is 13.5. The van der Waals surface area contributed by atoms with Gasteiger partial charge in [-0.2, -0.15) is 0 Å². The molecule has 0 aliphatic heterocycles. The maximum atomic E-state index is 12.9. The SMILES string of the molecule is CC/C=C\C/C=C\C/C=C\C/C=C\C/C=C\CCCCCCCCCCCC(=O)OC(COC(=O)CCCCCCCCCCCC/C=C\C/C=C\C/C=C\CCCCCCC)COC(OCC[N+](C)(C)C)C(=O)[O-]. The summed E-state index contributed by atoms with van der Waals surface area (Å²) in [6.45, 7) is 4.62. The number of carbonyl (C=O) groups is 3. The third-order valence-corrected chi connectivity index (χ3v) is 12.8. The lowest BCUT2D eigenvalue weighted by Crippen LogP contribution is -2.44. The smallest absolute Gasteiger partial charge is 0.306 e. The van der Waals surface area contributed by atoms with E-state index in [1.54, 1.807) is 0 Å². The molecular weight excluding hydrogens is 935 g/mol. The highest BCUT2D eigenvalue weighted by Crippen LogP contribution is 2.15. The van der Waals surface area contributed by atoms with Gasteiger partial charge < -0.3 is 33.3 Å². The first-order chi connectivity index (χ1) is 36.6. The van der Waals surface area contributed by atoms with E-state index in [0.29, 0.717) is 17.4 Å². The molecule has 0 aromatic rings. The number of carbonyl (C=O) groups excluding carboxylic acids is 3. The number of unbranched alkanes of at least 4 members (excludes halogenated alkanes) is 24. The highest BCUT2D eigenvalue weighted by molar-refractivity contribution is 5.70. The van der Waals surface area contributed by atoms with Crippen LogP contribution in [-0.4, -0.2) is 82.3 Å². The van der Waals surface area contributed by atoms with Crippen molar-refractivity contribution in [3.8, 4) is 0 Å². The van der Waals surface area contributed by atoms with E-state index in [2.05, 4.69) is 111 Å². The lowest BCUT2D eigenvalue weighted by Gasteiger charge is -2.26. The minimum Gasteiger partial charge on any atom is -0.545 e. The average Bonchev–Trinajstić information content (AvgIpc) is 3.38. The summed E-state index contributed by atoms with van der Waals surface area (Å²) in [5, 5.41) is 11.8. The van der Waals surface area contributed by atoms with Gasteiger partial charge in [0.15, 0.2) is 12.4 Å². The van der Waals surface area contributed by atoms with E-state index in [0.717, 1.165) is 89.9 Å². The Bertz CT molecular complexity index is 1550. The molecule has 2 unspecified atom stereocenters. The van der Waals surface area contributed by atoms with E-state index in [-0.39, 0.29) is 38.6 Å². The van der Waals surface area contributed by atoms with Gasteiger partial charge >= 0.3 is 11.9 Å². The van der Waals surface area contributed by atoms with Crippen LogP contribution in [0.5, 0.6) is 0 Å². The maximum Gasteiger partial charge on any atom is 0.306 e. The maximum absolute atomic E-state index is 12.9. The molecular formula is C66H113NO8. The quantitative estimate of drug-likeness (QED) is 0.0195. The van der Waals surface area contributed by atoms with Crippen molar-refractivity contribution in [1.82, 2.24) is 0 Å². The number of hydrogen-bond donors (Lipinski definition) is 0. The topological polar surface area (TPSA) is 111 Å². The molecule has 0 spiro atoms. The van der Waals surface area contributed by atoms with Crippen molar-refractivity contribution in [3.05, 3.63) is 97.2 Å². The Kier molecular flexibility index (Phi) is 53.6. The van der Waals surface area contributed by atoms with Gasteiger partial charge in [-0.15, -0.1) is 0 Å². The van der Waals surface area contributed by atoms with Gasteiger partial charge in [-0.1, -0.05) is 233 Å². The molecule has 0 aromatic carbocycles. The Labute approximate surface area is 461 Å². The van der Waals surface area contributed by atoms with Crippen LogP contribution in [0.3, 0.4) is 0 Å². The monoisotopic (exact) mass is 1050 g/mol. The van der Waals surface area contributed by atoms with Crippen LogP contribution in [0.25, 0.3) is 0 Å². The molecule has 0 bridgehead atoms. The van der Waals surface area contributed by atoms with E-state index in [1.807, 2.05) is 21.1 Å². The average molecular weight is 1050 g/mol. The second-order valence-electron chi connectivity index (χ2n) is 21.3. The van der Waals surface area contributed by atoms with Gasteiger partial charge in [0, 0.05) is 12.8 Å². The van der Waals surface area contributed by atoms with Crippen LogP contribution >= 0.6 is 0 Å². The van der Waals surface area contributed by atoms with Gasteiger partial charge in [-0.05, 0) is 96.3 Å². The van der Waals surface area contributed by atoms with Gasteiger partial charge in [0.25, 0.3) is 0 Å². The van der Waals surface area contributed by atoms with Crippen molar-refractivity contribution >= 4 is 17.9 Å². The molecule has 75 heavy (non-hydrogen) atoms. The molecule has 0 heterocycles. The highest BCUT2D eigenvalue weighted by atomic mass is 16.7. The predicted octanol–water partition coefficient (Wildman–Crippen LogP) is 16.8. The Hall–Kier alpha value is -3.79. The molecule has 0 radical (unpaired) electrons. The summed E-state index contributed by atoms with van der Waals surface area (Å²) >= 11 is 0. The molecule has 0 saturated heterocycles. The van der Waals surface area contributed by atoms with Crippen LogP contribution in [0.4, 0.5) is 0 Å². The number of hydrogen-bond acceptors (Lipinski definition) is 8. The summed E-state index contributed by atoms with van der Waals surface area (Å²) in [6.07, 6.45) is 73.1. The molecule has 0 aromatic heterocycles. The molecule has 0 N–H and O–H groups in total. The standard InChI is InChI=1S/C66H113NO8/c1-6-8-10-12-14-16-18-20-22-24-26-28-30-32-34-36-38-40-42-44-46-48-50-52-54-56-63(68)73-60-62(61-74-66(65(70)71)72-59-58-67(3,4)5)75-64(69)57-55-53-51-49-47-45-43-41-39-37-35-33-31-29-27-25-23-21-19-17-15-13-11-9-7-2/h9,11,15,17-18,20-21,23-24,26-27,29-30,32-33,35,62,66H,6-8,10,12-14,16,19,22,25,28,31,34,36-61H2,1-5H3/b11-9-,17-15-,20-18-,23-21-,26-24-,29-27-,32-30-,35-33-. The van der Waals surface area contributed by atoms with Crippen LogP contribution in [0, 0.1) is 0 Å². The number of nitrogens with zero attached hydrogens (tertiary/aromatic N) is 1. The van der Waals surface area contributed by atoms with Gasteiger partial charge in [-0.3, -0.25) is 9.59 Å². The van der Waals surface area contributed by atoms with Crippen LogP contribution in [0.2, 0.25) is 0 Å². The Morgan fingerprint density at radius 1 is 0.413 bits per heavy atom. The van der Waals surface area contributed by atoms with Crippen molar-refractivity contribution in [2.45, 2.75) is 257 Å². The third-order valence-electron chi connectivity index (χ3n) is 12.8. The van der Waals surface area contributed by atoms with Gasteiger partial charge in [-0.25, -0.2) is 0 Å². The first-order valence-electron chi connectivity index (χ1n) is 30.4. The third kappa shape index (κ3) is 57.7. The molecule has 9 heteroatoms. The minimum absolute atomic E-state index is 0.141. The van der Waals surface area contributed by atoms with E-state index < -0.39 is 24.3 Å². The van der Waals surface area contributed by atoms with E-state index in [4.69, 9.17) is 18.9 Å². The van der Waals surface area contributed by atoms with E-state index in [9.17, 15) is 19.5 Å². The number of esters is 2. The zero-order valence-electron chi connectivity index (χ0n) is 48.9. The summed E-state index contributed by atoms with van der Waals surface area (Å²) in [7, 11) is 5.92. The number of carboxylic acid groups (broad SMARTS) is 1. The molecule has 0 amide bonds. The second kappa shape index (κ2) is 56.4. The van der Waals surface area contributed by atoms with Crippen molar-refractivity contribution in [3.63, 3.8) is 0 Å². The lowest BCUT2D eigenvalue weighted by molar-refractivity contribution is -0.870. The summed E-state index contributed by atoms with van der Waals surface area (Å²) in [5.74, 6) is -2.30. The van der Waals surface area contributed by atoms with Crippen LogP contribution < -0.4 is 5.11 Å². The fourth-order valence-corrected chi connectivity index (χ4v) is 8.16. The molecule has 430 valence electrons. The number of quaternary nitrogens is 1. The Morgan fingerprint density at radius 2 is 0.760 bits per heavy atom. The number of allylic oxidation sites excluding steroid dienone is 16. The summed E-state index contributed by atoms with van der Waals surface area (Å²) in [4.78, 5) is 37.4. The van der Waals surface area contributed by atoms with Gasteiger partial charge in [0.05, 0.1) is 40.3 Å². The van der Waals surface area contributed by atoms with E-state index >= 15 is 0 Å². The fraction of sp³-hybridized carbons (Fsp3) is 0.712. The fourth-order valence-electron chi connectivity index (χ4n) is 8.16. The summed E-state index contributed by atoms with van der Waals surface area (Å²) < 4.78 is 22.7. The molecule has 2 atom stereocenters. The minimum atomic E-state index is -1.63.